The molecule has 0 unspecified atom stereocenters. The van der Waals surface area contributed by atoms with Crippen LogP contribution in [0, 0.1) is 11.6 Å². The molecule has 0 spiro atoms. The first kappa shape index (κ1) is 23.8. The van der Waals surface area contributed by atoms with Gasteiger partial charge in [0.25, 0.3) is 0 Å². The van der Waals surface area contributed by atoms with Crippen LogP contribution in [-0.2, 0) is 17.6 Å². The number of furan rings is 1. The van der Waals surface area contributed by atoms with Crippen molar-refractivity contribution in [3.05, 3.63) is 112 Å². The summed E-state index contributed by atoms with van der Waals surface area (Å²) >= 11 is 6.17. The first-order valence-corrected chi connectivity index (χ1v) is 10.9. The van der Waals surface area contributed by atoms with Crippen LogP contribution in [0.3, 0.4) is 0 Å². The zero-order valence-corrected chi connectivity index (χ0v) is 18.9. The Bertz CT molecular complexity index is 1420. The average Bonchev–Trinajstić information content (AvgIpc) is 3.50. The Hall–Kier alpha value is -3.92. The Morgan fingerprint density at radius 3 is 2.42 bits per heavy atom. The molecule has 3 heterocycles. The number of rotatable bonds is 5. The monoisotopic (exact) mass is 519 g/mol. The van der Waals surface area contributed by atoms with Gasteiger partial charge in [0, 0.05) is 18.0 Å². The van der Waals surface area contributed by atoms with Crippen molar-refractivity contribution in [1.29, 1.82) is 0 Å². The van der Waals surface area contributed by atoms with Gasteiger partial charge in [-0.3, -0.25) is 4.98 Å². The van der Waals surface area contributed by atoms with Gasteiger partial charge in [-0.25, -0.2) is 8.78 Å². The van der Waals surface area contributed by atoms with Crippen molar-refractivity contribution < 1.29 is 31.2 Å². The maximum atomic E-state index is 14.6. The molecule has 2 aromatic heterocycles. The molecule has 0 radical (unpaired) electrons. The summed E-state index contributed by atoms with van der Waals surface area (Å²) in [6.07, 6.45) is -1.71. The van der Waals surface area contributed by atoms with Crippen molar-refractivity contribution in [2.24, 2.45) is 5.16 Å². The van der Waals surface area contributed by atoms with Crippen LogP contribution in [0.2, 0.25) is 5.02 Å². The minimum Gasteiger partial charge on any atom is -0.461 e. The number of hydrogen-bond acceptors (Lipinski definition) is 5. The molecule has 4 aromatic rings. The maximum absolute atomic E-state index is 14.6. The molecule has 11 heteroatoms. The topological polar surface area (TPSA) is 50.9 Å². The lowest BCUT2D eigenvalue weighted by atomic mass is 9.99. The van der Waals surface area contributed by atoms with Gasteiger partial charge in [-0.1, -0.05) is 35.0 Å². The lowest BCUT2D eigenvalue weighted by molar-refractivity contribution is -0.137. The molecule has 0 saturated heterocycles. The molecular formula is C25H15ClF5N3O2. The van der Waals surface area contributed by atoms with E-state index in [2.05, 4.69) is 10.1 Å². The third-order valence-electron chi connectivity index (χ3n) is 5.61. The Labute approximate surface area is 206 Å². The second kappa shape index (κ2) is 9.27. The molecule has 5 rings (SSSR count). The molecule has 0 N–H and O–H groups in total. The van der Waals surface area contributed by atoms with Crippen LogP contribution < -0.4 is 0 Å². The predicted molar refractivity (Wildman–Crippen MR) is 121 cm³/mol. The summed E-state index contributed by atoms with van der Waals surface area (Å²) in [5.74, 6) is -1.14. The predicted octanol–water partition coefficient (Wildman–Crippen LogP) is 7.18. The molecule has 36 heavy (non-hydrogen) atoms. The van der Waals surface area contributed by atoms with Gasteiger partial charge < -0.3 is 14.2 Å². The number of alkyl halides is 3. The van der Waals surface area contributed by atoms with E-state index >= 15 is 0 Å². The number of amidine groups is 1. The number of oxime groups is 1. The Morgan fingerprint density at radius 1 is 0.972 bits per heavy atom. The van der Waals surface area contributed by atoms with E-state index in [1.807, 2.05) is 0 Å². The summed E-state index contributed by atoms with van der Waals surface area (Å²) in [6.45, 7) is -0.103. The molecule has 0 fully saturated rings. The van der Waals surface area contributed by atoms with E-state index in [1.165, 1.54) is 47.8 Å². The van der Waals surface area contributed by atoms with E-state index in [0.717, 1.165) is 18.2 Å². The van der Waals surface area contributed by atoms with Gasteiger partial charge in [-0.05, 0) is 47.5 Å². The van der Waals surface area contributed by atoms with Crippen molar-refractivity contribution in [1.82, 2.24) is 9.88 Å². The second-order valence-electron chi connectivity index (χ2n) is 7.81. The van der Waals surface area contributed by atoms with Gasteiger partial charge in [0.05, 0.1) is 29.0 Å². The first-order chi connectivity index (χ1) is 17.3. The minimum absolute atomic E-state index is 0.000639. The van der Waals surface area contributed by atoms with Crippen LogP contribution in [0.5, 0.6) is 0 Å². The zero-order chi connectivity index (χ0) is 25.4. The summed E-state index contributed by atoms with van der Waals surface area (Å²) in [6, 6.07) is 11.6. The van der Waals surface area contributed by atoms with E-state index in [1.54, 1.807) is 12.1 Å². The Kier molecular flexibility index (Phi) is 6.13. The minimum atomic E-state index is -4.69. The molecule has 0 saturated carbocycles. The largest absolute Gasteiger partial charge is 0.461 e. The fourth-order valence-corrected chi connectivity index (χ4v) is 4.32. The normalized spacial score (nSPS) is 15.7. The van der Waals surface area contributed by atoms with E-state index < -0.39 is 34.6 Å². The van der Waals surface area contributed by atoms with Gasteiger partial charge in [-0.2, -0.15) is 13.2 Å². The van der Waals surface area contributed by atoms with Crippen LogP contribution in [0.15, 0.2) is 82.8 Å². The summed E-state index contributed by atoms with van der Waals surface area (Å²) < 4.78 is 75.2. The SMILES string of the molecule is Fc1cccc(F)c1-c1ccncc1CN1C(c2ccco2)=NO[C@H]1c1cccc(C(F)(F)F)c1Cl. The zero-order valence-electron chi connectivity index (χ0n) is 18.1. The van der Waals surface area contributed by atoms with Crippen molar-refractivity contribution in [3.8, 4) is 11.1 Å². The average molecular weight is 520 g/mol. The van der Waals surface area contributed by atoms with E-state index in [4.69, 9.17) is 20.9 Å². The summed E-state index contributed by atoms with van der Waals surface area (Å²) in [5, 5.41) is 3.47. The summed E-state index contributed by atoms with van der Waals surface area (Å²) in [5.41, 5.74) is -0.730. The van der Waals surface area contributed by atoms with Crippen molar-refractivity contribution >= 4 is 17.4 Å². The van der Waals surface area contributed by atoms with Crippen LogP contribution in [0.4, 0.5) is 22.0 Å². The van der Waals surface area contributed by atoms with Gasteiger partial charge in [0.1, 0.15) is 11.6 Å². The standard InChI is InChI=1S/C25H15ClF5N3O2/c26-22-16(4-1-5-17(22)25(29,30)31)24-34(23(33-36-24)20-8-3-11-35-20)13-14-12-32-10-9-15(14)21-18(27)6-2-7-19(21)28/h1-12,24H,13H2/t24-/m0/s1. The molecule has 5 nitrogen and oxygen atoms in total. The third-order valence-corrected chi connectivity index (χ3v) is 6.03. The third kappa shape index (κ3) is 4.28. The fourth-order valence-electron chi connectivity index (χ4n) is 3.99. The fraction of sp³-hybridized carbons (Fsp3) is 0.120. The Balaban J connectivity index is 1.61. The molecule has 2 aromatic carbocycles. The van der Waals surface area contributed by atoms with E-state index in [0.29, 0.717) is 5.56 Å². The quantitative estimate of drug-likeness (QED) is 0.262. The number of pyridine rings is 1. The summed E-state index contributed by atoms with van der Waals surface area (Å²) in [7, 11) is 0. The molecule has 184 valence electrons. The van der Waals surface area contributed by atoms with Crippen molar-refractivity contribution in [2.45, 2.75) is 18.9 Å². The van der Waals surface area contributed by atoms with Gasteiger partial charge in [0.2, 0.25) is 12.1 Å². The highest BCUT2D eigenvalue weighted by molar-refractivity contribution is 6.32. The molecule has 1 aliphatic heterocycles. The van der Waals surface area contributed by atoms with Gasteiger partial charge in [0.15, 0.2) is 5.76 Å². The Morgan fingerprint density at radius 2 is 1.72 bits per heavy atom. The van der Waals surface area contributed by atoms with Crippen molar-refractivity contribution in [3.63, 3.8) is 0 Å². The van der Waals surface area contributed by atoms with Gasteiger partial charge in [-0.15, -0.1) is 0 Å². The van der Waals surface area contributed by atoms with Crippen LogP contribution >= 0.6 is 11.6 Å². The number of hydrogen-bond donors (Lipinski definition) is 0. The molecule has 1 atom stereocenters. The van der Waals surface area contributed by atoms with Crippen LogP contribution in [0.25, 0.3) is 11.1 Å². The lowest BCUT2D eigenvalue weighted by Gasteiger charge is -2.27. The smallest absolute Gasteiger partial charge is 0.417 e. The number of halogens is 6. The molecular weight excluding hydrogens is 505 g/mol. The van der Waals surface area contributed by atoms with E-state index in [-0.39, 0.29) is 34.8 Å². The van der Waals surface area contributed by atoms with Crippen LogP contribution in [-0.4, -0.2) is 15.7 Å². The second-order valence-corrected chi connectivity index (χ2v) is 8.19. The highest BCUT2D eigenvalue weighted by Crippen LogP contribution is 2.42. The lowest BCUT2D eigenvalue weighted by Crippen LogP contribution is -2.31. The number of aromatic nitrogens is 1. The maximum Gasteiger partial charge on any atom is 0.417 e. The van der Waals surface area contributed by atoms with E-state index in [9.17, 15) is 22.0 Å². The highest BCUT2D eigenvalue weighted by Gasteiger charge is 2.40. The number of benzene rings is 2. The first-order valence-electron chi connectivity index (χ1n) is 10.5. The molecule has 0 bridgehead atoms. The highest BCUT2D eigenvalue weighted by atomic mass is 35.5. The van der Waals surface area contributed by atoms with Gasteiger partial charge >= 0.3 is 6.18 Å². The molecule has 0 amide bonds. The number of nitrogens with zero attached hydrogens (tertiary/aromatic N) is 3. The van der Waals surface area contributed by atoms with Crippen LogP contribution in [0.1, 0.15) is 28.7 Å². The summed E-state index contributed by atoms with van der Waals surface area (Å²) in [4.78, 5) is 11.1. The molecule has 1 aliphatic rings. The molecule has 0 aliphatic carbocycles. The van der Waals surface area contributed by atoms with Crippen molar-refractivity contribution in [2.75, 3.05) is 0 Å².